The van der Waals surface area contributed by atoms with Gasteiger partial charge in [0, 0.05) is 18.7 Å². The molecule has 0 aliphatic carbocycles. The highest BCUT2D eigenvalue weighted by molar-refractivity contribution is 5.69. The van der Waals surface area contributed by atoms with Gasteiger partial charge in [-0.05, 0) is 23.8 Å². The Morgan fingerprint density at radius 3 is 2.50 bits per heavy atom. The lowest BCUT2D eigenvalue weighted by Crippen LogP contribution is -2.03. The first-order chi connectivity index (χ1) is 9.47. The van der Waals surface area contributed by atoms with Crippen molar-refractivity contribution in [2.45, 2.75) is 6.54 Å². The van der Waals surface area contributed by atoms with Crippen LogP contribution in [-0.4, -0.2) is 4.92 Å². The minimum absolute atomic E-state index is 0.110. The normalized spacial score (nSPS) is 10.3. The van der Waals surface area contributed by atoms with Crippen molar-refractivity contribution in [1.29, 1.82) is 0 Å². The van der Waals surface area contributed by atoms with Gasteiger partial charge in [0.15, 0.2) is 11.6 Å². The van der Waals surface area contributed by atoms with Crippen LogP contribution in [0.3, 0.4) is 0 Å². The van der Waals surface area contributed by atoms with E-state index in [0.717, 1.165) is 12.1 Å². The van der Waals surface area contributed by atoms with Gasteiger partial charge in [-0.3, -0.25) is 10.1 Å². The minimum atomic E-state index is -0.930. The number of halogens is 2. The number of rotatable bonds is 4. The van der Waals surface area contributed by atoms with Crippen molar-refractivity contribution >= 4 is 17.1 Å². The number of nitrogen functional groups attached to an aromatic ring is 1. The van der Waals surface area contributed by atoms with Gasteiger partial charge in [-0.1, -0.05) is 6.07 Å². The quantitative estimate of drug-likeness (QED) is 0.512. The predicted molar refractivity (Wildman–Crippen MR) is 71.2 cm³/mol. The summed E-state index contributed by atoms with van der Waals surface area (Å²) in [5, 5.41) is 13.5. The van der Waals surface area contributed by atoms with Crippen LogP contribution in [0.25, 0.3) is 0 Å². The van der Waals surface area contributed by atoms with E-state index in [2.05, 4.69) is 5.32 Å². The third-order valence-corrected chi connectivity index (χ3v) is 2.71. The topological polar surface area (TPSA) is 81.2 Å². The summed E-state index contributed by atoms with van der Waals surface area (Å²) in [6, 6.07) is 7.55. The number of anilines is 2. The molecule has 0 radical (unpaired) electrons. The molecule has 20 heavy (non-hydrogen) atoms. The molecule has 0 aliphatic heterocycles. The van der Waals surface area contributed by atoms with Crippen LogP contribution in [-0.2, 0) is 6.54 Å². The molecule has 0 saturated carbocycles. The number of hydrogen-bond acceptors (Lipinski definition) is 4. The van der Waals surface area contributed by atoms with E-state index >= 15 is 0 Å². The van der Waals surface area contributed by atoms with Crippen molar-refractivity contribution in [1.82, 2.24) is 0 Å². The highest BCUT2D eigenvalue weighted by Crippen LogP contribution is 2.24. The Kier molecular flexibility index (Phi) is 3.79. The molecule has 0 unspecified atom stereocenters. The fraction of sp³-hybridized carbons (Fsp3) is 0.0769. The summed E-state index contributed by atoms with van der Waals surface area (Å²) < 4.78 is 25.8. The van der Waals surface area contributed by atoms with Gasteiger partial charge in [-0.2, -0.15) is 0 Å². The van der Waals surface area contributed by atoms with E-state index in [-0.39, 0.29) is 17.9 Å². The predicted octanol–water partition coefficient (Wildman–Crippen LogP) is 3.07. The molecule has 104 valence electrons. The number of nitrogens with two attached hydrogens (primary N) is 1. The van der Waals surface area contributed by atoms with Gasteiger partial charge in [-0.15, -0.1) is 0 Å². The Morgan fingerprint density at radius 2 is 1.90 bits per heavy atom. The number of benzene rings is 2. The van der Waals surface area contributed by atoms with Gasteiger partial charge in [0.05, 0.1) is 16.3 Å². The molecule has 3 N–H and O–H groups in total. The highest BCUT2D eigenvalue weighted by Gasteiger charge is 2.09. The van der Waals surface area contributed by atoms with Gasteiger partial charge in [-0.25, -0.2) is 8.78 Å². The molecule has 7 heteroatoms. The number of hydrogen-bond donors (Lipinski definition) is 2. The Morgan fingerprint density at radius 1 is 1.15 bits per heavy atom. The molecule has 0 amide bonds. The van der Waals surface area contributed by atoms with Crippen molar-refractivity contribution in [3.63, 3.8) is 0 Å². The monoisotopic (exact) mass is 279 g/mol. The molecule has 0 spiro atoms. The van der Waals surface area contributed by atoms with Crippen LogP contribution in [0.4, 0.5) is 25.8 Å². The molecular weight excluding hydrogens is 268 g/mol. The second kappa shape index (κ2) is 5.52. The number of nitro groups is 1. The summed E-state index contributed by atoms with van der Waals surface area (Å²) in [4.78, 5) is 10.0. The average molecular weight is 279 g/mol. The summed E-state index contributed by atoms with van der Waals surface area (Å²) in [6.45, 7) is 0.221. The van der Waals surface area contributed by atoms with E-state index < -0.39 is 16.6 Å². The van der Waals surface area contributed by atoms with Crippen LogP contribution < -0.4 is 11.1 Å². The number of nitro benzene ring substituents is 1. The van der Waals surface area contributed by atoms with E-state index in [9.17, 15) is 18.9 Å². The van der Waals surface area contributed by atoms with Crippen LogP contribution in [0.2, 0.25) is 0 Å². The molecule has 2 rings (SSSR count). The standard InChI is InChI=1S/C13H11F2N3O2/c14-10-3-1-8(5-11(10)15)7-17-13-4-2-9(18(19)20)6-12(13)16/h1-6,17H,7,16H2. The Labute approximate surface area is 113 Å². The Balaban J connectivity index is 2.10. The second-order valence-corrected chi connectivity index (χ2v) is 4.13. The fourth-order valence-electron chi connectivity index (χ4n) is 1.67. The maximum absolute atomic E-state index is 13.0. The van der Waals surface area contributed by atoms with E-state index in [1.54, 1.807) is 0 Å². The number of non-ortho nitro benzene ring substituents is 1. The number of nitrogens with zero attached hydrogens (tertiary/aromatic N) is 1. The van der Waals surface area contributed by atoms with Gasteiger partial charge >= 0.3 is 0 Å². The van der Waals surface area contributed by atoms with Crippen molar-refractivity contribution in [2.75, 3.05) is 11.1 Å². The van der Waals surface area contributed by atoms with Crippen LogP contribution >= 0.6 is 0 Å². The Hall–Kier alpha value is -2.70. The van der Waals surface area contributed by atoms with E-state index in [4.69, 9.17) is 5.73 Å². The molecule has 0 atom stereocenters. The first kappa shape index (κ1) is 13.7. The molecular formula is C13H11F2N3O2. The molecule has 0 fully saturated rings. The lowest BCUT2D eigenvalue weighted by atomic mass is 10.2. The molecule has 5 nitrogen and oxygen atoms in total. The van der Waals surface area contributed by atoms with Crippen LogP contribution in [0.5, 0.6) is 0 Å². The molecule has 2 aromatic carbocycles. The summed E-state index contributed by atoms with van der Waals surface area (Å²) in [6.07, 6.45) is 0. The van der Waals surface area contributed by atoms with Gasteiger partial charge < -0.3 is 11.1 Å². The third kappa shape index (κ3) is 3.00. The summed E-state index contributed by atoms with van der Waals surface area (Å²) in [5.41, 5.74) is 6.79. The first-order valence-corrected chi connectivity index (χ1v) is 5.69. The van der Waals surface area contributed by atoms with Crippen molar-refractivity contribution in [2.24, 2.45) is 0 Å². The largest absolute Gasteiger partial charge is 0.397 e. The maximum Gasteiger partial charge on any atom is 0.271 e. The van der Waals surface area contributed by atoms with Crippen LogP contribution in [0.1, 0.15) is 5.56 Å². The summed E-state index contributed by atoms with van der Waals surface area (Å²) >= 11 is 0. The molecule has 0 saturated heterocycles. The Bertz CT molecular complexity index is 662. The van der Waals surface area contributed by atoms with Gasteiger partial charge in [0.25, 0.3) is 5.69 Å². The first-order valence-electron chi connectivity index (χ1n) is 5.69. The van der Waals surface area contributed by atoms with E-state index in [1.807, 2.05) is 0 Å². The zero-order valence-corrected chi connectivity index (χ0v) is 10.3. The molecule has 0 bridgehead atoms. The molecule has 0 aliphatic rings. The SMILES string of the molecule is Nc1cc([N+](=O)[O-])ccc1NCc1ccc(F)c(F)c1. The lowest BCUT2D eigenvalue weighted by Gasteiger charge is -2.09. The minimum Gasteiger partial charge on any atom is -0.397 e. The van der Waals surface area contributed by atoms with Crippen molar-refractivity contribution in [3.05, 3.63) is 63.7 Å². The average Bonchev–Trinajstić information content (AvgIpc) is 2.41. The fourth-order valence-corrected chi connectivity index (χ4v) is 1.67. The zero-order valence-electron chi connectivity index (χ0n) is 10.3. The van der Waals surface area contributed by atoms with Crippen LogP contribution in [0.15, 0.2) is 36.4 Å². The molecule has 2 aromatic rings. The summed E-state index contributed by atoms with van der Waals surface area (Å²) in [5.74, 6) is -1.84. The smallest absolute Gasteiger partial charge is 0.271 e. The lowest BCUT2D eigenvalue weighted by molar-refractivity contribution is -0.384. The van der Waals surface area contributed by atoms with E-state index in [0.29, 0.717) is 11.3 Å². The van der Waals surface area contributed by atoms with Crippen molar-refractivity contribution < 1.29 is 13.7 Å². The van der Waals surface area contributed by atoms with Crippen LogP contribution in [0, 0.1) is 21.7 Å². The number of nitrogens with one attached hydrogen (secondary N) is 1. The van der Waals surface area contributed by atoms with E-state index in [1.165, 1.54) is 24.3 Å². The zero-order chi connectivity index (χ0) is 14.7. The highest BCUT2D eigenvalue weighted by atomic mass is 19.2. The second-order valence-electron chi connectivity index (χ2n) is 4.13. The molecule has 0 heterocycles. The maximum atomic E-state index is 13.0. The summed E-state index contributed by atoms with van der Waals surface area (Å²) in [7, 11) is 0. The van der Waals surface area contributed by atoms with Crippen molar-refractivity contribution in [3.8, 4) is 0 Å². The molecule has 0 aromatic heterocycles. The third-order valence-electron chi connectivity index (χ3n) is 2.71. The van der Waals surface area contributed by atoms with Gasteiger partial charge in [0.2, 0.25) is 0 Å². The van der Waals surface area contributed by atoms with Gasteiger partial charge in [0.1, 0.15) is 0 Å².